The van der Waals surface area contributed by atoms with Gasteiger partial charge in [-0.25, -0.2) is 9.59 Å². The summed E-state index contributed by atoms with van der Waals surface area (Å²) >= 11 is 0. The van der Waals surface area contributed by atoms with Crippen molar-refractivity contribution in [3.8, 4) is 0 Å². The summed E-state index contributed by atoms with van der Waals surface area (Å²) in [5.41, 5.74) is 1.18. The van der Waals surface area contributed by atoms with Crippen LogP contribution in [0.5, 0.6) is 0 Å². The SMILES string of the molecule is C=C(C)COCCOC(=O)OCCOC(=O)C(=C)C. The molecule has 0 aromatic carbocycles. The van der Waals surface area contributed by atoms with Crippen LogP contribution in [0.25, 0.3) is 0 Å². The molecule has 0 aromatic heterocycles. The van der Waals surface area contributed by atoms with Gasteiger partial charge in [-0.2, -0.15) is 0 Å². The van der Waals surface area contributed by atoms with Gasteiger partial charge in [-0.05, 0) is 13.8 Å². The van der Waals surface area contributed by atoms with E-state index in [-0.39, 0.29) is 32.0 Å². The van der Waals surface area contributed by atoms with E-state index >= 15 is 0 Å². The lowest BCUT2D eigenvalue weighted by molar-refractivity contribution is -0.140. The number of rotatable bonds is 9. The monoisotopic (exact) mass is 272 g/mol. The van der Waals surface area contributed by atoms with Gasteiger partial charge >= 0.3 is 12.1 Å². The number of hydrogen-bond donors (Lipinski definition) is 0. The number of ether oxygens (including phenoxy) is 4. The summed E-state index contributed by atoms with van der Waals surface area (Å²) in [7, 11) is 0. The fraction of sp³-hybridized carbons (Fsp3) is 0.538. The maximum atomic E-state index is 11.0. The zero-order valence-electron chi connectivity index (χ0n) is 11.4. The largest absolute Gasteiger partial charge is 0.508 e. The lowest BCUT2D eigenvalue weighted by atomic mass is 10.4. The molecule has 0 unspecified atom stereocenters. The van der Waals surface area contributed by atoms with E-state index in [0.29, 0.717) is 6.61 Å². The minimum Gasteiger partial charge on any atom is -0.459 e. The van der Waals surface area contributed by atoms with Crippen LogP contribution < -0.4 is 0 Å². The van der Waals surface area contributed by atoms with Crippen molar-refractivity contribution >= 4 is 12.1 Å². The predicted molar refractivity (Wildman–Crippen MR) is 68.7 cm³/mol. The molecule has 0 aromatic rings. The zero-order valence-corrected chi connectivity index (χ0v) is 11.4. The molecule has 0 aliphatic carbocycles. The maximum absolute atomic E-state index is 11.0. The second-order valence-electron chi connectivity index (χ2n) is 3.87. The maximum Gasteiger partial charge on any atom is 0.508 e. The second-order valence-corrected chi connectivity index (χ2v) is 3.87. The molecule has 0 heterocycles. The third kappa shape index (κ3) is 11.0. The van der Waals surface area contributed by atoms with E-state index in [0.717, 1.165) is 5.57 Å². The minimum atomic E-state index is -0.828. The minimum absolute atomic E-state index is 0.0348. The molecule has 0 spiro atoms. The lowest BCUT2D eigenvalue weighted by Crippen LogP contribution is -2.16. The van der Waals surface area contributed by atoms with E-state index in [1.807, 2.05) is 6.92 Å². The molecule has 0 amide bonds. The van der Waals surface area contributed by atoms with Crippen molar-refractivity contribution in [2.45, 2.75) is 13.8 Å². The highest BCUT2D eigenvalue weighted by Gasteiger charge is 2.06. The molecule has 0 saturated carbocycles. The zero-order chi connectivity index (χ0) is 14.7. The van der Waals surface area contributed by atoms with Crippen LogP contribution in [-0.4, -0.2) is 45.2 Å². The smallest absolute Gasteiger partial charge is 0.459 e. The summed E-state index contributed by atoms with van der Waals surface area (Å²) in [5, 5.41) is 0. The van der Waals surface area contributed by atoms with Crippen LogP contribution in [-0.2, 0) is 23.7 Å². The fourth-order valence-corrected chi connectivity index (χ4v) is 0.855. The van der Waals surface area contributed by atoms with Crippen molar-refractivity contribution in [1.82, 2.24) is 0 Å². The molecular formula is C13H20O6. The summed E-state index contributed by atoms with van der Waals surface area (Å²) in [5.74, 6) is -0.523. The molecule has 0 atom stereocenters. The van der Waals surface area contributed by atoms with E-state index in [1.54, 1.807) is 0 Å². The van der Waals surface area contributed by atoms with Crippen molar-refractivity contribution in [3.05, 3.63) is 24.3 Å². The Morgan fingerprint density at radius 1 is 0.895 bits per heavy atom. The van der Waals surface area contributed by atoms with E-state index in [9.17, 15) is 9.59 Å². The van der Waals surface area contributed by atoms with Crippen LogP contribution in [0.4, 0.5) is 4.79 Å². The van der Waals surface area contributed by atoms with E-state index in [4.69, 9.17) is 14.2 Å². The van der Waals surface area contributed by atoms with Gasteiger partial charge in [0, 0.05) is 5.57 Å². The molecule has 19 heavy (non-hydrogen) atoms. The Morgan fingerprint density at radius 2 is 1.42 bits per heavy atom. The van der Waals surface area contributed by atoms with Crippen molar-refractivity contribution in [3.63, 3.8) is 0 Å². The molecule has 6 nitrogen and oxygen atoms in total. The van der Waals surface area contributed by atoms with Crippen molar-refractivity contribution < 1.29 is 28.5 Å². The highest BCUT2D eigenvalue weighted by molar-refractivity contribution is 5.86. The Morgan fingerprint density at radius 3 is 1.95 bits per heavy atom. The standard InChI is InChI=1S/C13H20O6/c1-10(2)9-16-5-6-18-13(15)19-8-7-17-12(14)11(3)4/h1,3,5-9H2,2,4H3. The number of hydrogen-bond acceptors (Lipinski definition) is 6. The highest BCUT2D eigenvalue weighted by Crippen LogP contribution is 1.93. The van der Waals surface area contributed by atoms with Gasteiger partial charge < -0.3 is 18.9 Å². The molecule has 0 bridgehead atoms. The summed E-state index contributed by atoms with van der Waals surface area (Å²) in [6.07, 6.45) is -0.828. The summed E-state index contributed by atoms with van der Waals surface area (Å²) in [6, 6.07) is 0. The number of carbonyl (C=O) groups excluding carboxylic acids is 2. The molecule has 0 radical (unpaired) electrons. The normalized spacial score (nSPS) is 9.58. The average Bonchev–Trinajstić information content (AvgIpc) is 2.33. The van der Waals surface area contributed by atoms with Gasteiger partial charge in [0.1, 0.15) is 19.8 Å². The fourth-order valence-electron chi connectivity index (χ4n) is 0.855. The van der Waals surface area contributed by atoms with Gasteiger partial charge in [0.25, 0.3) is 0 Å². The van der Waals surface area contributed by atoms with Crippen LogP contribution in [0.2, 0.25) is 0 Å². The molecule has 0 fully saturated rings. The lowest BCUT2D eigenvalue weighted by Gasteiger charge is -2.07. The third-order valence-corrected chi connectivity index (χ3v) is 1.68. The van der Waals surface area contributed by atoms with Gasteiger partial charge in [0.05, 0.1) is 13.2 Å². The van der Waals surface area contributed by atoms with E-state index in [1.165, 1.54) is 6.92 Å². The van der Waals surface area contributed by atoms with E-state index < -0.39 is 12.1 Å². The summed E-state index contributed by atoms with van der Waals surface area (Å²) in [4.78, 5) is 22.0. The Kier molecular flexibility index (Phi) is 9.16. The van der Waals surface area contributed by atoms with Gasteiger partial charge in [-0.15, -0.1) is 0 Å². The Labute approximate surface area is 113 Å². The van der Waals surface area contributed by atoms with Gasteiger partial charge in [-0.1, -0.05) is 18.7 Å². The first kappa shape index (κ1) is 17.2. The van der Waals surface area contributed by atoms with Gasteiger partial charge in [0.15, 0.2) is 0 Å². The first-order valence-electron chi connectivity index (χ1n) is 5.77. The second kappa shape index (κ2) is 10.1. The summed E-state index contributed by atoms with van der Waals surface area (Å²) in [6.45, 7) is 11.1. The van der Waals surface area contributed by atoms with Gasteiger partial charge in [0.2, 0.25) is 0 Å². The Bertz CT molecular complexity index is 334. The Balaban J connectivity index is 3.42. The van der Waals surface area contributed by atoms with Crippen LogP contribution in [0.3, 0.4) is 0 Å². The van der Waals surface area contributed by atoms with Gasteiger partial charge in [-0.3, -0.25) is 0 Å². The molecule has 0 saturated heterocycles. The molecular weight excluding hydrogens is 252 g/mol. The molecule has 6 heteroatoms. The Hall–Kier alpha value is -1.82. The third-order valence-electron chi connectivity index (χ3n) is 1.68. The van der Waals surface area contributed by atoms with E-state index in [2.05, 4.69) is 17.9 Å². The first-order valence-corrected chi connectivity index (χ1v) is 5.77. The topological polar surface area (TPSA) is 71.1 Å². The molecule has 0 rings (SSSR count). The average molecular weight is 272 g/mol. The quantitative estimate of drug-likeness (QED) is 0.276. The number of carbonyl (C=O) groups is 2. The molecule has 0 aliphatic heterocycles. The summed E-state index contributed by atoms with van der Waals surface area (Å²) < 4.78 is 19.2. The first-order chi connectivity index (χ1) is 8.93. The number of esters is 1. The highest BCUT2D eigenvalue weighted by atomic mass is 16.7. The molecule has 0 aliphatic rings. The van der Waals surface area contributed by atoms with Crippen LogP contribution in [0.15, 0.2) is 24.3 Å². The van der Waals surface area contributed by atoms with Crippen molar-refractivity contribution in [2.75, 3.05) is 33.0 Å². The van der Waals surface area contributed by atoms with Crippen LogP contribution >= 0.6 is 0 Å². The predicted octanol–water partition coefficient (Wildman–Crippen LogP) is 1.85. The molecule has 0 N–H and O–H groups in total. The van der Waals surface area contributed by atoms with Crippen molar-refractivity contribution in [2.24, 2.45) is 0 Å². The van der Waals surface area contributed by atoms with Crippen molar-refractivity contribution in [1.29, 1.82) is 0 Å². The molecule has 108 valence electrons. The van der Waals surface area contributed by atoms with Crippen LogP contribution in [0.1, 0.15) is 13.8 Å². The van der Waals surface area contributed by atoms with Crippen LogP contribution in [0, 0.1) is 0 Å².